The molecule has 0 unspecified atom stereocenters. The topological polar surface area (TPSA) is 54.0 Å². The Bertz CT molecular complexity index is 632. The van der Waals surface area contributed by atoms with E-state index in [0.717, 1.165) is 22.3 Å². The molecule has 0 radical (unpaired) electrons. The highest BCUT2D eigenvalue weighted by molar-refractivity contribution is 9.10. The van der Waals surface area contributed by atoms with Gasteiger partial charge in [-0.3, -0.25) is 4.79 Å². The van der Waals surface area contributed by atoms with Crippen LogP contribution in [-0.2, 0) is 6.54 Å². The number of nitrogens with zero attached hydrogens (tertiary/aromatic N) is 1. The molecule has 0 bridgehead atoms. The second kappa shape index (κ2) is 7.77. The molecule has 7 heteroatoms. The summed E-state index contributed by atoms with van der Waals surface area (Å²) in [7, 11) is 0. The summed E-state index contributed by atoms with van der Waals surface area (Å²) >= 11 is 11.1. The summed E-state index contributed by atoms with van der Waals surface area (Å²) in [5.74, 6) is 0.424. The zero-order valence-electron chi connectivity index (χ0n) is 11.5. The molecular weight excluding hydrogens is 374 g/mol. The molecule has 0 aromatic carbocycles. The van der Waals surface area contributed by atoms with E-state index in [1.54, 1.807) is 17.4 Å². The highest BCUT2D eigenvalue weighted by atomic mass is 79.9. The summed E-state index contributed by atoms with van der Waals surface area (Å²) in [4.78, 5) is 17.3. The van der Waals surface area contributed by atoms with E-state index < -0.39 is 0 Å². The third-order valence-electron chi connectivity index (χ3n) is 2.69. The Balaban J connectivity index is 1.97. The molecule has 2 aromatic heterocycles. The fourth-order valence-electron chi connectivity index (χ4n) is 1.65. The Morgan fingerprint density at radius 2 is 2.29 bits per heavy atom. The minimum atomic E-state index is -0.184. The van der Waals surface area contributed by atoms with Gasteiger partial charge in [0.2, 0.25) is 0 Å². The smallest absolute Gasteiger partial charge is 0.253 e. The van der Waals surface area contributed by atoms with Crippen LogP contribution < -0.4 is 10.6 Å². The molecule has 1 amide bonds. The molecule has 0 spiro atoms. The second-order valence-electron chi connectivity index (χ2n) is 4.40. The molecule has 0 atom stereocenters. The maximum Gasteiger partial charge on any atom is 0.253 e. The van der Waals surface area contributed by atoms with Crippen molar-refractivity contribution < 1.29 is 4.79 Å². The third-order valence-corrected chi connectivity index (χ3v) is 4.68. The van der Waals surface area contributed by atoms with Crippen LogP contribution in [0.3, 0.4) is 0 Å². The molecule has 2 aromatic rings. The first kappa shape index (κ1) is 16.3. The van der Waals surface area contributed by atoms with Crippen LogP contribution in [0.1, 0.15) is 28.6 Å². The van der Waals surface area contributed by atoms with Crippen LogP contribution in [0.15, 0.2) is 28.2 Å². The van der Waals surface area contributed by atoms with Crippen LogP contribution in [0.2, 0.25) is 5.02 Å². The van der Waals surface area contributed by atoms with E-state index in [1.807, 2.05) is 11.4 Å². The first-order chi connectivity index (χ1) is 10.1. The number of halogens is 2. The van der Waals surface area contributed by atoms with Gasteiger partial charge in [0.15, 0.2) is 0 Å². The molecule has 0 fully saturated rings. The van der Waals surface area contributed by atoms with Crippen molar-refractivity contribution in [2.45, 2.75) is 19.9 Å². The van der Waals surface area contributed by atoms with Crippen LogP contribution in [-0.4, -0.2) is 17.4 Å². The molecule has 0 aliphatic heterocycles. The Hall–Kier alpha value is -1.11. The minimum Gasteiger partial charge on any atom is -0.369 e. The number of hydrogen-bond donors (Lipinski definition) is 2. The summed E-state index contributed by atoms with van der Waals surface area (Å²) in [5.41, 5.74) is 0.456. The number of rotatable bonds is 6. The summed E-state index contributed by atoms with van der Waals surface area (Å²) in [6.07, 6.45) is 2.51. The molecule has 4 nitrogen and oxygen atoms in total. The van der Waals surface area contributed by atoms with Gasteiger partial charge in [-0.15, -0.1) is 11.3 Å². The zero-order valence-corrected chi connectivity index (χ0v) is 14.6. The molecule has 2 N–H and O–H groups in total. The van der Waals surface area contributed by atoms with Crippen molar-refractivity contribution >= 4 is 50.6 Å². The van der Waals surface area contributed by atoms with E-state index in [-0.39, 0.29) is 5.91 Å². The van der Waals surface area contributed by atoms with Crippen molar-refractivity contribution in [1.29, 1.82) is 0 Å². The number of carbonyl (C=O) groups is 1. The quantitative estimate of drug-likeness (QED) is 0.775. The van der Waals surface area contributed by atoms with Gasteiger partial charge in [-0.2, -0.15) is 0 Å². The lowest BCUT2D eigenvalue weighted by atomic mass is 10.2. The summed E-state index contributed by atoms with van der Waals surface area (Å²) in [6.45, 7) is 3.35. The van der Waals surface area contributed by atoms with Gasteiger partial charge in [0, 0.05) is 27.5 Å². The van der Waals surface area contributed by atoms with E-state index in [0.29, 0.717) is 22.9 Å². The highest BCUT2D eigenvalue weighted by Gasteiger charge is 2.10. The summed E-state index contributed by atoms with van der Waals surface area (Å²) in [6, 6.07) is 3.61. The molecular formula is C14H15BrClN3OS. The fraction of sp³-hybridized carbons (Fsp3) is 0.286. The van der Waals surface area contributed by atoms with Gasteiger partial charge in [-0.1, -0.05) is 18.5 Å². The van der Waals surface area contributed by atoms with Gasteiger partial charge in [0.25, 0.3) is 5.91 Å². The van der Waals surface area contributed by atoms with Crippen LogP contribution in [0.25, 0.3) is 0 Å². The van der Waals surface area contributed by atoms with E-state index in [2.05, 4.69) is 38.5 Å². The first-order valence-corrected chi connectivity index (χ1v) is 8.55. The second-order valence-corrected chi connectivity index (χ2v) is 6.71. The number of pyridine rings is 1. The van der Waals surface area contributed by atoms with E-state index >= 15 is 0 Å². The van der Waals surface area contributed by atoms with Crippen LogP contribution >= 0.6 is 38.9 Å². The highest BCUT2D eigenvalue weighted by Crippen LogP contribution is 2.21. The lowest BCUT2D eigenvalue weighted by Gasteiger charge is -2.08. The predicted octanol–water partition coefficient (Wildman–Crippen LogP) is 4.31. The van der Waals surface area contributed by atoms with Gasteiger partial charge in [-0.05, 0) is 34.5 Å². The molecule has 0 aliphatic rings. The van der Waals surface area contributed by atoms with Crippen molar-refractivity contribution in [1.82, 2.24) is 10.3 Å². The number of aromatic nitrogens is 1. The van der Waals surface area contributed by atoms with E-state index in [1.165, 1.54) is 6.20 Å². The largest absolute Gasteiger partial charge is 0.369 e. The van der Waals surface area contributed by atoms with Crippen molar-refractivity contribution in [3.05, 3.63) is 43.6 Å². The molecule has 0 saturated carbocycles. The first-order valence-electron chi connectivity index (χ1n) is 6.50. The van der Waals surface area contributed by atoms with Gasteiger partial charge in [0.05, 0.1) is 17.1 Å². The van der Waals surface area contributed by atoms with Gasteiger partial charge in [-0.25, -0.2) is 4.98 Å². The summed E-state index contributed by atoms with van der Waals surface area (Å²) < 4.78 is 1.02. The van der Waals surface area contributed by atoms with Gasteiger partial charge < -0.3 is 10.6 Å². The minimum absolute atomic E-state index is 0.184. The average Bonchev–Trinajstić information content (AvgIpc) is 2.89. The zero-order chi connectivity index (χ0) is 15.2. The Labute approximate surface area is 141 Å². The number of amides is 1. The Morgan fingerprint density at radius 1 is 1.48 bits per heavy atom. The molecule has 112 valence electrons. The SMILES string of the molecule is CCCNc1ncc(C(=O)NCc2cc(Br)cs2)cc1Cl. The Kier molecular flexibility index (Phi) is 6.02. The maximum absolute atomic E-state index is 12.1. The maximum atomic E-state index is 12.1. The van der Waals surface area contributed by atoms with Crippen LogP contribution in [0.5, 0.6) is 0 Å². The standard InChI is InChI=1S/C14H15BrClN3OS/c1-2-3-17-13-12(16)4-9(6-18-13)14(20)19-7-11-5-10(15)8-21-11/h4-6,8H,2-3,7H2,1H3,(H,17,18)(H,19,20). The Morgan fingerprint density at radius 3 is 2.90 bits per heavy atom. The monoisotopic (exact) mass is 387 g/mol. The lowest BCUT2D eigenvalue weighted by Crippen LogP contribution is -2.22. The molecule has 0 saturated heterocycles. The predicted molar refractivity (Wildman–Crippen MR) is 91.2 cm³/mol. The lowest BCUT2D eigenvalue weighted by molar-refractivity contribution is 0.0951. The van der Waals surface area contributed by atoms with E-state index in [4.69, 9.17) is 11.6 Å². The van der Waals surface area contributed by atoms with Crippen molar-refractivity contribution in [3.8, 4) is 0 Å². The number of thiophene rings is 1. The van der Waals surface area contributed by atoms with Gasteiger partial charge >= 0.3 is 0 Å². The molecule has 21 heavy (non-hydrogen) atoms. The molecule has 2 rings (SSSR count). The van der Waals surface area contributed by atoms with Crippen molar-refractivity contribution in [2.24, 2.45) is 0 Å². The molecule has 0 aliphatic carbocycles. The number of anilines is 1. The van der Waals surface area contributed by atoms with Crippen LogP contribution in [0, 0.1) is 0 Å². The normalized spacial score (nSPS) is 10.4. The number of carbonyl (C=O) groups excluding carboxylic acids is 1. The fourth-order valence-corrected chi connectivity index (χ4v) is 3.28. The summed E-state index contributed by atoms with van der Waals surface area (Å²) in [5, 5.41) is 8.40. The van der Waals surface area contributed by atoms with Crippen LogP contribution in [0.4, 0.5) is 5.82 Å². The average molecular weight is 389 g/mol. The number of hydrogen-bond acceptors (Lipinski definition) is 4. The van der Waals surface area contributed by atoms with Crippen molar-refractivity contribution in [3.63, 3.8) is 0 Å². The third kappa shape index (κ3) is 4.69. The van der Waals surface area contributed by atoms with E-state index in [9.17, 15) is 4.79 Å². The van der Waals surface area contributed by atoms with Gasteiger partial charge in [0.1, 0.15) is 5.82 Å². The number of nitrogens with one attached hydrogen (secondary N) is 2. The molecule has 2 heterocycles. The van der Waals surface area contributed by atoms with Crippen molar-refractivity contribution in [2.75, 3.05) is 11.9 Å².